The Morgan fingerprint density at radius 1 is 1.22 bits per heavy atom. The van der Waals surface area contributed by atoms with Crippen LogP contribution in [0.25, 0.3) is 0 Å². The summed E-state index contributed by atoms with van der Waals surface area (Å²) in [6.07, 6.45) is 1.42. The van der Waals surface area contributed by atoms with E-state index in [2.05, 4.69) is 25.8 Å². The minimum absolute atomic E-state index is 0. The Morgan fingerprint density at radius 3 is 2.52 bits per heavy atom. The summed E-state index contributed by atoms with van der Waals surface area (Å²) in [6.45, 7) is 3.15. The molecule has 0 saturated carbocycles. The molecule has 0 aliphatic carbocycles. The van der Waals surface area contributed by atoms with E-state index in [-0.39, 0.29) is 29.9 Å². The Balaban J connectivity index is 0.00000364. The second kappa shape index (κ2) is 11.5. The summed E-state index contributed by atoms with van der Waals surface area (Å²) in [5.74, 6) is 1.96. The smallest absolute Gasteiger partial charge is 0.253 e. The predicted molar refractivity (Wildman–Crippen MR) is 116 cm³/mol. The quantitative estimate of drug-likeness (QED) is 0.351. The number of benzene rings is 1. The van der Waals surface area contributed by atoms with E-state index >= 15 is 0 Å². The van der Waals surface area contributed by atoms with E-state index in [1.54, 1.807) is 33.0 Å². The summed E-state index contributed by atoms with van der Waals surface area (Å²) < 4.78 is 5.07. The third-order valence-corrected chi connectivity index (χ3v) is 3.71. The molecule has 0 fully saturated rings. The van der Waals surface area contributed by atoms with E-state index in [0.29, 0.717) is 42.7 Å². The molecule has 2 N–H and O–H groups in total. The van der Waals surface area contributed by atoms with E-state index < -0.39 is 0 Å². The number of guanidine groups is 1. The van der Waals surface area contributed by atoms with Gasteiger partial charge in [0.15, 0.2) is 11.8 Å². The number of hydrogen-bond acceptors (Lipinski definition) is 5. The highest BCUT2D eigenvalue weighted by molar-refractivity contribution is 14.0. The van der Waals surface area contributed by atoms with Gasteiger partial charge in [-0.3, -0.25) is 9.79 Å². The summed E-state index contributed by atoms with van der Waals surface area (Å²) in [4.78, 5) is 22.0. The molecule has 1 aromatic heterocycles. The van der Waals surface area contributed by atoms with Crippen molar-refractivity contribution in [3.05, 3.63) is 47.1 Å². The van der Waals surface area contributed by atoms with Crippen LogP contribution in [0.5, 0.6) is 0 Å². The monoisotopic (exact) mass is 486 g/mol. The van der Waals surface area contributed by atoms with E-state index in [9.17, 15) is 4.79 Å². The van der Waals surface area contributed by atoms with Crippen LogP contribution in [0.4, 0.5) is 0 Å². The van der Waals surface area contributed by atoms with Crippen LogP contribution in [-0.4, -0.2) is 61.1 Å². The van der Waals surface area contributed by atoms with Crippen molar-refractivity contribution < 1.29 is 9.32 Å². The molecule has 8 nitrogen and oxygen atoms in total. The van der Waals surface area contributed by atoms with Gasteiger partial charge in [-0.25, -0.2) is 0 Å². The molecule has 1 aromatic carbocycles. The van der Waals surface area contributed by atoms with E-state index in [1.807, 2.05) is 24.3 Å². The first-order valence-corrected chi connectivity index (χ1v) is 8.54. The molecule has 0 spiro atoms. The molecule has 27 heavy (non-hydrogen) atoms. The fourth-order valence-corrected chi connectivity index (χ4v) is 2.39. The maximum absolute atomic E-state index is 12.0. The van der Waals surface area contributed by atoms with Crippen LogP contribution in [0.15, 0.2) is 33.8 Å². The lowest BCUT2D eigenvalue weighted by molar-refractivity contribution is 0.0827. The standard InChI is InChI=1S/C18H26N6O2.HI/c1-13-22-16(26-23-13)9-11-21-18(19-2)20-10-8-14-6-5-7-15(12-14)17(25)24(3)4;/h5-7,12H,8-11H2,1-4H3,(H2,19,20,21);1H. The van der Waals surface area contributed by atoms with Crippen molar-refractivity contribution in [2.24, 2.45) is 4.99 Å². The molecular formula is C18H27IN6O2. The molecule has 9 heteroatoms. The Bertz CT molecular complexity index is 760. The number of hydrogen-bond donors (Lipinski definition) is 2. The minimum atomic E-state index is 0. The molecule has 0 saturated heterocycles. The highest BCUT2D eigenvalue weighted by atomic mass is 127. The highest BCUT2D eigenvalue weighted by Gasteiger charge is 2.08. The molecule has 2 rings (SSSR count). The molecular weight excluding hydrogens is 459 g/mol. The van der Waals surface area contributed by atoms with E-state index in [0.717, 1.165) is 12.0 Å². The minimum Gasteiger partial charge on any atom is -0.356 e. The zero-order valence-corrected chi connectivity index (χ0v) is 18.5. The summed E-state index contributed by atoms with van der Waals surface area (Å²) in [5.41, 5.74) is 1.80. The Hall–Kier alpha value is -2.17. The van der Waals surface area contributed by atoms with Crippen LogP contribution < -0.4 is 10.6 Å². The van der Waals surface area contributed by atoms with Gasteiger partial charge < -0.3 is 20.1 Å². The number of rotatable bonds is 7. The van der Waals surface area contributed by atoms with Gasteiger partial charge in [-0.1, -0.05) is 17.3 Å². The number of carbonyl (C=O) groups excluding carboxylic acids is 1. The summed E-state index contributed by atoms with van der Waals surface area (Å²) in [6, 6.07) is 7.69. The number of halogens is 1. The lowest BCUT2D eigenvalue weighted by Gasteiger charge is -2.13. The largest absolute Gasteiger partial charge is 0.356 e. The Labute approximate surface area is 176 Å². The van der Waals surface area contributed by atoms with Gasteiger partial charge in [0.1, 0.15) is 0 Å². The molecule has 0 radical (unpaired) electrons. The number of aryl methyl sites for hydroxylation is 1. The lowest BCUT2D eigenvalue weighted by atomic mass is 10.1. The van der Waals surface area contributed by atoms with Crippen molar-refractivity contribution in [3.63, 3.8) is 0 Å². The molecule has 1 amide bonds. The number of amides is 1. The fraction of sp³-hybridized carbons (Fsp3) is 0.444. The normalized spacial score (nSPS) is 10.9. The maximum atomic E-state index is 12.0. The van der Waals surface area contributed by atoms with E-state index in [4.69, 9.17) is 4.52 Å². The SMILES string of the molecule is CN=C(NCCc1cccc(C(=O)N(C)C)c1)NCCc1nc(C)no1.I. The fourth-order valence-electron chi connectivity index (χ4n) is 2.39. The third-order valence-electron chi connectivity index (χ3n) is 3.71. The van der Waals surface area contributed by atoms with Gasteiger partial charge in [0.05, 0.1) is 0 Å². The summed E-state index contributed by atoms with van der Waals surface area (Å²) >= 11 is 0. The number of aromatic nitrogens is 2. The van der Waals surface area contributed by atoms with Gasteiger partial charge in [0.25, 0.3) is 5.91 Å². The van der Waals surface area contributed by atoms with Gasteiger partial charge in [-0.05, 0) is 31.0 Å². The lowest BCUT2D eigenvalue weighted by Crippen LogP contribution is -2.39. The van der Waals surface area contributed by atoms with Crippen LogP contribution in [0, 0.1) is 6.92 Å². The number of nitrogens with one attached hydrogen (secondary N) is 2. The average molecular weight is 486 g/mol. The predicted octanol–water partition coefficient (Wildman–Crippen LogP) is 1.65. The van der Waals surface area contributed by atoms with Gasteiger partial charge in [-0.2, -0.15) is 4.98 Å². The van der Waals surface area contributed by atoms with Crippen molar-refractivity contribution in [2.45, 2.75) is 19.8 Å². The Morgan fingerprint density at radius 2 is 1.93 bits per heavy atom. The third kappa shape index (κ3) is 7.53. The summed E-state index contributed by atoms with van der Waals surface area (Å²) in [5, 5.41) is 10.2. The van der Waals surface area contributed by atoms with Gasteiger partial charge in [0.2, 0.25) is 5.89 Å². The van der Waals surface area contributed by atoms with E-state index in [1.165, 1.54) is 0 Å². The topological polar surface area (TPSA) is 95.7 Å². The second-order valence-electron chi connectivity index (χ2n) is 6.06. The summed E-state index contributed by atoms with van der Waals surface area (Å²) in [7, 11) is 5.23. The van der Waals surface area contributed by atoms with Crippen molar-refractivity contribution in [2.75, 3.05) is 34.2 Å². The first kappa shape index (κ1) is 22.9. The van der Waals surface area contributed by atoms with Gasteiger partial charge >= 0.3 is 0 Å². The molecule has 0 bridgehead atoms. The van der Waals surface area contributed by atoms with Gasteiger partial charge in [0, 0.05) is 46.2 Å². The molecule has 148 valence electrons. The number of aliphatic imine (C=N–C) groups is 1. The zero-order valence-electron chi connectivity index (χ0n) is 16.2. The zero-order chi connectivity index (χ0) is 18.9. The Kier molecular flexibility index (Phi) is 9.76. The number of carbonyl (C=O) groups is 1. The molecule has 2 aromatic rings. The van der Waals surface area contributed by atoms with Crippen LogP contribution >= 0.6 is 24.0 Å². The average Bonchev–Trinajstić information content (AvgIpc) is 3.05. The molecule has 0 atom stereocenters. The second-order valence-corrected chi connectivity index (χ2v) is 6.06. The van der Waals surface area contributed by atoms with Crippen molar-refractivity contribution in [1.29, 1.82) is 0 Å². The molecule has 1 heterocycles. The molecule has 0 unspecified atom stereocenters. The van der Waals surface area contributed by atoms with Crippen LogP contribution in [0.3, 0.4) is 0 Å². The van der Waals surface area contributed by atoms with Crippen LogP contribution in [0.2, 0.25) is 0 Å². The molecule has 0 aliphatic rings. The molecule has 0 aliphatic heterocycles. The number of nitrogens with zero attached hydrogens (tertiary/aromatic N) is 4. The van der Waals surface area contributed by atoms with Crippen molar-refractivity contribution >= 4 is 35.8 Å². The first-order chi connectivity index (χ1) is 12.5. The van der Waals surface area contributed by atoms with Crippen LogP contribution in [-0.2, 0) is 12.8 Å². The first-order valence-electron chi connectivity index (χ1n) is 8.54. The maximum Gasteiger partial charge on any atom is 0.253 e. The highest BCUT2D eigenvalue weighted by Crippen LogP contribution is 2.07. The van der Waals surface area contributed by atoms with Crippen molar-refractivity contribution in [1.82, 2.24) is 25.7 Å². The van der Waals surface area contributed by atoms with Crippen LogP contribution in [0.1, 0.15) is 27.6 Å². The van der Waals surface area contributed by atoms with Crippen molar-refractivity contribution in [3.8, 4) is 0 Å². The van der Waals surface area contributed by atoms with Gasteiger partial charge in [-0.15, -0.1) is 24.0 Å².